The van der Waals surface area contributed by atoms with Gasteiger partial charge >= 0.3 is 0 Å². The van der Waals surface area contributed by atoms with Gasteiger partial charge < -0.3 is 0 Å². The van der Waals surface area contributed by atoms with Crippen molar-refractivity contribution in [1.82, 2.24) is 9.78 Å². The van der Waals surface area contributed by atoms with Crippen molar-refractivity contribution < 1.29 is 0 Å². The largest absolute Gasteiger partial charge is 0.272 e. The van der Waals surface area contributed by atoms with E-state index in [1.807, 2.05) is 6.92 Å². The third kappa shape index (κ3) is 1.97. The molecule has 0 unspecified atom stereocenters. The Balaban J connectivity index is 2.08. The maximum Gasteiger partial charge on any atom is 0.0593 e. The molecule has 0 saturated heterocycles. The summed E-state index contributed by atoms with van der Waals surface area (Å²) in [6, 6.07) is 2.07. The van der Waals surface area contributed by atoms with Crippen molar-refractivity contribution in [2.75, 3.05) is 5.75 Å². The molecule has 1 aliphatic rings. The van der Waals surface area contributed by atoms with Crippen LogP contribution in [-0.4, -0.2) is 15.5 Å². The van der Waals surface area contributed by atoms with Crippen LogP contribution in [0.1, 0.15) is 31.4 Å². The molecule has 2 nitrogen and oxygen atoms in total. The molecule has 1 aromatic heterocycles. The Morgan fingerprint density at radius 3 is 2.71 bits per heavy atom. The highest BCUT2D eigenvalue weighted by Gasteiger charge is 2.32. The van der Waals surface area contributed by atoms with Crippen LogP contribution in [0, 0.1) is 12.3 Å². The minimum atomic E-state index is 0.418. The smallest absolute Gasteiger partial charge is 0.0593 e. The highest BCUT2D eigenvalue weighted by atomic mass is 32.1. The molecule has 3 heteroatoms. The zero-order valence-electron chi connectivity index (χ0n) is 8.74. The molecule has 1 fully saturated rings. The fourth-order valence-corrected chi connectivity index (χ4v) is 2.80. The van der Waals surface area contributed by atoms with Crippen LogP contribution < -0.4 is 0 Å². The minimum Gasteiger partial charge on any atom is -0.272 e. The zero-order chi connectivity index (χ0) is 10.0. The molecule has 2 rings (SSSR count). The number of rotatable bonds is 3. The molecule has 0 N–H and O–H groups in total. The second kappa shape index (κ2) is 3.97. The maximum absolute atomic E-state index is 4.50. The third-order valence-corrected chi connectivity index (χ3v) is 3.94. The van der Waals surface area contributed by atoms with E-state index in [9.17, 15) is 0 Å². The van der Waals surface area contributed by atoms with Crippen LogP contribution in [0.4, 0.5) is 0 Å². The van der Waals surface area contributed by atoms with E-state index in [-0.39, 0.29) is 0 Å². The lowest BCUT2D eigenvalue weighted by Crippen LogP contribution is -2.25. The molecule has 0 atom stereocenters. The van der Waals surface area contributed by atoms with Crippen molar-refractivity contribution in [3.8, 4) is 0 Å². The van der Waals surface area contributed by atoms with Crippen LogP contribution in [0.5, 0.6) is 0 Å². The Bertz CT molecular complexity index is 300. The van der Waals surface area contributed by atoms with Gasteiger partial charge in [-0.1, -0.05) is 12.8 Å². The Morgan fingerprint density at radius 1 is 1.50 bits per heavy atom. The predicted molar refractivity (Wildman–Crippen MR) is 61.7 cm³/mol. The van der Waals surface area contributed by atoms with E-state index in [4.69, 9.17) is 0 Å². The molecule has 1 aliphatic carbocycles. The first-order valence-electron chi connectivity index (χ1n) is 5.35. The molecular weight excluding hydrogens is 192 g/mol. The Morgan fingerprint density at radius 2 is 2.21 bits per heavy atom. The maximum atomic E-state index is 4.50. The molecule has 0 aliphatic heterocycles. The van der Waals surface area contributed by atoms with Crippen molar-refractivity contribution in [3.05, 3.63) is 18.0 Å². The first kappa shape index (κ1) is 10.1. The van der Waals surface area contributed by atoms with Gasteiger partial charge in [-0.2, -0.15) is 17.7 Å². The van der Waals surface area contributed by atoms with E-state index in [2.05, 4.69) is 34.7 Å². The Kier molecular flexibility index (Phi) is 2.86. The van der Waals surface area contributed by atoms with Crippen molar-refractivity contribution in [2.45, 2.75) is 39.2 Å². The molecule has 1 heterocycles. The summed E-state index contributed by atoms with van der Waals surface area (Å²) in [5, 5.41) is 4.45. The summed E-state index contributed by atoms with van der Waals surface area (Å²) in [5.41, 5.74) is 1.53. The average molecular weight is 210 g/mol. The van der Waals surface area contributed by atoms with Gasteiger partial charge in [-0.05, 0) is 37.0 Å². The van der Waals surface area contributed by atoms with Crippen LogP contribution in [0.25, 0.3) is 0 Å². The number of nitrogens with zero attached hydrogens (tertiary/aromatic N) is 2. The van der Waals surface area contributed by atoms with Crippen molar-refractivity contribution in [1.29, 1.82) is 0 Å². The van der Waals surface area contributed by atoms with Gasteiger partial charge in [0, 0.05) is 12.7 Å². The van der Waals surface area contributed by atoms with Gasteiger partial charge in [-0.15, -0.1) is 0 Å². The molecule has 0 bridgehead atoms. The number of hydrogen-bond acceptors (Lipinski definition) is 2. The SMILES string of the molecule is Cc1ccn(CC2(CS)CCCC2)n1. The minimum absolute atomic E-state index is 0.418. The molecule has 14 heavy (non-hydrogen) atoms. The van der Waals surface area contributed by atoms with Crippen LogP contribution in [0.15, 0.2) is 12.3 Å². The van der Waals surface area contributed by atoms with E-state index in [1.54, 1.807) is 0 Å². The standard InChI is InChI=1S/C11H18N2S/c1-10-4-7-13(12-10)8-11(9-14)5-2-3-6-11/h4,7,14H,2-3,5-6,8-9H2,1H3. The molecular formula is C11H18N2S. The molecule has 0 amide bonds. The molecule has 78 valence electrons. The van der Waals surface area contributed by atoms with Gasteiger partial charge in [-0.25, -0.2) is 0 Å². The fraction of sp³-hybridized carbons (Fsp3) is 0.727. The molecule has 0 spiro atoms. The van der Waals surface area contributed by atoms with Gasteiger partial charge in [0.2, 0.25) is 0 Å². The van der Waals surface area contributed by atoms with Gasteiger partial charge in [0.05, 0.1) is 5.69 Å². The lowest BCUT2D eigenvalue weighted by Gasteiger charge is -2.26. The summed E-state index contributed by atoms with van der Waals surface area (Å²) in [6.45, 7) is 3.09. The fourth-order valence-electron chi connectivity index (χ4n) is 2.39. The van der Waals surface area contributed by atoms with Gasteiger partial charge in [0.25, 0.3) is 0 Å². The highest BCUT2D eigenvalue weighted by molar-refractivity contribution is 7.80. The van der Waals surface area contributed by atoms with Gasteiger partial charge in [0.15, 0.2) is 0 Å². The number of thiol groups is 1. The summed E-state index contributed by atoms with van der Waals surface area (Å²) >= 11 is 4.50. The second-order valence-corrected chi connectivity index (χ2v) is 4.84. The van der Waals surface area contributed by atoms with E-state index in [0.29, 0.717) is 5.41 Å². The molecule has 1 aromatic rings. The second-order valence-electron chi connectivity index (χ2n) is 4.52. The molecule has 0 radical (unpaired) electrons. The van der Waals surface area contributed by atoms with Crippen LogP contribution in [0.2, 0.25) is 0 Å². The summed E-state index contributed by atoms with van der Waals surface area (Å²) < 4.78 is 2.08. The average Bonchev–Trinajstić information content (AvgIpc) is 2.77. The predicted octanol–water partition coefficient (Wildman–Crippen LogP) is 2.68. The van der Waals surface area contributed by atoms with Crippen LogP contribution in [0.3, 0.4) is 0 Å². The quantitative estimate of drug-likeness (QED) is 0.759. The van der Waals surface area contributed by atoms with Gasteiger partial charge in [0.1, 0.15) is 0 Å². The monoisotopic (exact) mass is 210 g/mol. The Hall–Kier alpha value is -0.440. The Labute approximate surface area is 91.1 Å². The van der Waals surface area contributed by atoms with E-state index in [1.165, 1.54) is 25.7 Å². The zero-order valence-corrected chi connectivity index (χ0v) is 9.63. The summed E-state index contributed by atoms with van der Waals surface area (Å²) in [4.78, 5) is 0. The lowest BCUT2D eigenvalue weighted by molar-refractivity contribution is 0.276. The first-order chi connectivity index (χ1) is 6.74. The topological polar surface area (TPSA) is 17.8 Å². The molecule has 1 saturated carbocycles. The lowest BCUT2D eigenvalue weighted by atomic mass is 9.88. The summed E-state index contributed by atoms with van der Waals surface area (Å²) in [7, 11) is 0. The number of aryl methyl sites for hydroxylation is 1. The highest BCUT2D eigenvalue weighted by Crippen LogP contribution is 2.40. The van der Waals surface area contributed by atoms with Gasteiger partial charge in [-0.3, -0.25) is 4.68 Å². The summed E-state index contributed by atoms with van der Waals surface area (Å²) in [5.74, 6) is 0.992. The first-order valence-corrected chi connectivity index (χ1v) is 5.98. The normalized spacial score (nSPS) is 20.1. The molecule has 0 aromatic carbocycles. The van der Waals surface area contributed by atoms with E-state index < -0.39 is 0 Å². The van der Waals surface area contributed by atoms with E-state index >= 15 is 0 Å². The number of aromatic nitrogens is 2. The number of hydrogen-bond donors (Lipinski definition) is 1. The van der Waals surface area contributed by atoms with E-state index in [0.717, 1.165) is 18.0 Å². The van der Waals surface area contributed by atoms with Crippen LogP contribution >= 0.6 is 12.6 Å². The van der Waals surface area contributed by atoms with Crippen molar-refractivity contribution in [2.24, 2.45) is 5.41 Å². The third-order valence-electron chi connectivity index (χ3n) is 3.27. The summed E-state index contributed by atoms with van der Waals surface area (Å²) in [6.07, 6.45) is 7.44. The van der Waals surface area contributed by atoms with Crippen LogP contribution in [-0.2, 0) is 6.54 Å². The van der Waals surface area contributed by atoms with Crippen molar-refractivity contribution in [3.63, 3.8) is 0 Å². The van der Waals surface area contributed by atoms with Crippen molar-refractivity contribution >= 4 is 12.6 Å².